The van der Waals surface area contributed by atoms with Crippen molar-refractivity contribution in [1.82, 2.24) is 15.5 Å². The lowest BCUT2D eigenvalue weighted by atomic mass is 10.00. The number of carbonyl (C=O) groups is 1. The summed E-state index contributed by atoms with van der Waals surface area (Å²) in [4.78, 5) is 12.2. The van der Waals surface area contributed by atoms with Crippen molar-refractivity contribution in [3.05, 3.63) is 53.8 Å². The maximum Gasteiger partial charge on any atom is 0.284 e. The van der Waals surface area contributed by atoms with Gasteiger partial charge in [-0.1, -0.05) is 49.9 Å². The molecular formula is C20H23N3O3S. The lowest BCUT2D eigenvalue weighted by molar-refractivity contribution is -0.119. The Hall–Kier alpha value is -2.54. The van der Waals surface area contributed by atoms with Gasteiger partial charge < -0.3 is 14.2 Å². The number of rotatable bonds is 8. The number of hydrogen-bond acceptors (Lipinski definition) is 6. The molecule has 0 aliphatic rings. The number of amides is 1. The van der Waals surface area contributed by atoms with Crippen molar-refractivity contribution in [2.75, 3.05) is 5.75 Å². The standard InChI is InChI=1S/C20H23N3O3S/c1-13(2)11-15-6-8-16(9-7-15)14(3)21-18(24)12-27-20-23-22-19(26-20)17-5-4-10-25-17/h4-10,13-14H,11-12H2,1-3H3,(H,21,24)/t14-/m1/s1. The second-order valence-corrected chi connectivity index (χ2v) is 7.69. The highest BCUT2D eigenvalue weighted by Crippen LogP contribution is 2.23. The van der Waals surface area contributed by atoms with E-state index in [0.29, 0.717) is 22.8 Å². The van der Waals surface area contributed by atoms with E-state index in [0.717, 1.165) is 12.0 Å². The molecule has 3 rings (SSSR count). The first-order valence-corrected chi connectivity index (χ1v) is 9.88. The molecular weight excluding hydrogens is 362 g/mol. The van der Waals surface area contributed by atoms with Crippen LogP contribution < -0.4 is 5.32 Å². The Kier molecular flexibility index (Phi) is 6.34. The predicted molar refractivity (Wildman–Crippen MR) is 104 cm³/mol. The molecule has 0 fully saturated rings. The van der Waals surface area contributed by atoms with E-state index in [-0.39, 0.29) is 17.7 Å². The molecule has 0 unspecified atom stereocenters. The van der Waals surface area contributed by atoms with Crippen LogP contribution in [0.3, 0.4) is 0 Å². The van der Waals surface area contributed by atoms with Gasteiger partial charge in [0.1, 0.15) is 0 Å². The van der Waals surface area contributed by atoms with E-state index in [4.69, 9.17) is 8.83 Å². The number of nitrogens with zero attached hydrogens (tertiary/aromatic N) is 2. The van der Waals surface area contributed by atoms with Crippen LogP contribution in [0.25, 0.3) is 11.7 Å². The number of thioether (sulfide) groups is 1. The van der Waals surface area contributed by atoms with E-state index < -0.39 is 0 Å². The Bertz CT molecular complexity index is 857. The maximum absolute atomic E-state index is 12.2. The van der Waals surface area contributed by atoms with Crippen LogP contribution >= 0.6 is 11.8 Å². The Morgan fingerprint density at radius 2 is 1.93 bits per heavy atom. The van der Waals surface area contributed by atoms with Gasteiger partial charge in [-0.15, -0.1) is 10.2 Å². The summed E-state index contributed by atoms with van der Waals surface area (Å²) in [6, 6.07) is 11.8. The molecule has 0 bridgehead atoms. The lowest BCUT2D eigenvalue weighted by Gasteiger charge is -2.15. The molecule has 0 saturated heterocycles. The number of hydrogen-bond donors (Lipinski definition) is 1. The van der Waals surface area contributed by atoms with Crippen molar-refractivity contribution in [1.29, 1.82) is 0 Å². The molecule has 142 valence electrons. The molecule has 0 aliphatic carbocycles. The molecule has 0 aliphatic heterocycles. The molecule has 2 heterocycles. The summed E-state index contributed by atoms with van der Waals surface area (Å²) in [6.45, 7) is 6.38. The first-order valence-electron chi connectivity index (χ1n) is 8.89. The fourth-order valence-electron chi connectivity index (χ4n) is 2.68. The van der Waals surface area contributed by atoms with Gasteiger partial charge in [0.15, 0.2) is 5.76 Å². The summed E-state index contributed by atoms with van der Waals surface area (Å²) in [5, 5.41) is 11.2. The fourth-order valence-corrected chi connectivity index (χ4v) is 3.25. The highest BCUT2D eigenvalue weighted by atomic mass is 32.2. The van der Waals surface area contributed by atoms with Crippen molar-refractivity contribution < 1.29 is 13.6 Å². The van der Waals surface area contributed by atoms with E-state index in [9.17, 15) is 4.79 Å². The summed E-state index contributed by atoms with van der Waals surface area (Å²) in [6.07, 6.45) is 2.60. The molecule has 2 aromatic heterocycles. The van der Waals surface area contributed by atoms with Crippen LogP contribution in [0.1, 0.15) is 37.9 Å². The Morgan fingerprint density at radius 1 is 1.15 bits per heavy atom. The van der Waals surface area contributed by atoms with Crippen LogP contribution in [0.2, 0.25) is 0 Å². The minimum Gasteiger partial charge on any atom is -0.459 e. The van der Waals surface area contributed by atoms with Gasteiger partial charge in [0.25, 0.3) is 11.1 Å². The Labute approximate surface area is 162 Å². The lowest BCUT2D eigenvalue weighted by Crippen LogP contribution is -2.28. The molecule has 3 aromatic rings. The highest BCUT2D eigenvalue weighted by Gasteiger charge is 2.14. The van der Waals surface area contributed by atoms with Crippen LogP contribution in [0.15, 0.2) is 56.7 Å². The predicted octanol–water partition coefficient (Wildman–Crippen LogP) is 4.50. The molecule has 1 N–H and O–H groups in total. The number of aromatic nitrogens is 2. The van der Waals surface area contributed by atoms with Gasteiger partial charge in [-0.05, 0) is 42.5 Å². The first-order chi connectivity index (χ1) is 13.0. The largest absolute Gasteiger partial charge is 0.459 e. The van der Waals surface area contributed by atoms with Gasteiger partial charge in [0, 0.05) is 0 Å². The van der Waals surface area contributed by atoms with Crippen molar-refractivity contribution >= 4 is 17.7 Å². The number of carbonyl (C=O) groups excluding carboxylic acids is 1. The summed E-state index contributed by atoms with van der Waals surface area (Å²) in [5.74, 6) is 1.56. The zero-order chi connectivity index (χ0) is 19.2. The number of nitrogens with one attached hydrogen (secondary N) is 1. The smallest absolute Gasteiger partial charge is 0.284 e. The zero-order valence-electron chi connectivity index (χ0n) is 15.6. The Balaban J connectivity index is 1.48. The summed E-state index contributed by atoms with van der Waals surface area (Å²) in [7, 11) is 0. The van der Waals surface area contributed by atoms with E-state index in [1.54, 1.807) is 12.1 Å². The number of benzene rings is 1. The normalized spacial score (nSPS) is 12.3. The third-order valence-electron chi connectivity index (χ3n) is 3.97. The van der Waals surface area contributed by atoms with E-state index in [1.807, 2.05) is 6.92 Å². The molecule has 7 heteroatoms. The second kappa shape index (κ2) is 8.90. The van der Waals surface area contributed by atoms with Crippen molar-refractivity contribution in [3.63, 3.8) is 0 Å². The average molecular weight is 385 g/mol. The van der Waals surface area contributed by atoms with Crippen molar-refractivity contribution in [2.45, 2.75) is 38.5 Å². The van der Waals surface area contributed by atoms with E-state index in [1.165, 1.54) is 23.6 Å². The fraction of sp³-hybridized carbons (Fsp3) is 0.350. The number of furan rings is 1. The van der Waals surface area contributed by atoms with Gasteiger partial charge in [-0.2, -0.15) is 0 Å². The van der Waals surface area contributed by atoms with E-state index >= 15 is 0 Å². The zero-order valence-corrected chi connectivity index (χ0v) is 16.5. The quantitative estimate of drug-likeness (QED) is 0.575. The van der Waals surface area contributed by atoms with Gasteiger partial charge in [-0.25, -0.2) is 0 Å². The van der Waals surface area contributed by atoms with Gasteiger partial charge in [0.05, 0.1) is 18.1 Å². The van der Waals surface area contributed by atoms with Crippen LogP contribution in [-0.2, 0) is 11.2 Å². The molecule has 0 saturated carbocycles. The van der Waals surface area contributed by atoms with Gasteiger partial charge >= 0.3 is 0 Å². The SMILES string of the molecule is CC(C)Cc1ccc([C@@H](C)NC(=O)CSc2nnc(-c3ccco3)o2)cc1. The highest BCUT2D eigenvalue weighted by molar-refractivity contribution is 7.99. The summed E-state index contributed by atoms with van der Waals surface area (Å²) >= 11 is 1.20. The van der Waals surface area contributed by atoms with Crippen LogP contribution in [-0.4, -0.2) is 21.9 Å². The molecule has 0 spiro atoms. The van der Waals surface area contributed by atoms with Crippen molar-refractivity contribution in [2.24, 2.45) is 5.92 Å². The minimum absolute atomic E-state index is 0.0624. The topological polar surface area (TPSA) is 81.2 Å². The molecule has 1 atom stereocenters. The van der Waals surface area contributed by atoms with Gasteiger partial charge in [0.2, 0.25) is 5.91 Å². The van der Waals surface area contributed by atoms with E-state index in [2.05, 4.69) is 53.6 Å². The maximum atomic E-state index is 12.2. The van der Waals surface area contributed by atoms with Gasteiger partial charge in [-0.3, -0.25) is 4.79 Å². The van der Waals surface area contributed by atoms with Crippen LogP contribution in [0.4, 0.5) is 0 Å². The second-order valence-electron chi connectivity index (χ2n) is 6.77. The monoisotopic (exact) mass is 385 g/mol. The van der Waals surface area contributed by atoms with Crippen LogP contribution in [0.5, 0.6) is 0 Å². The minimum atomic E-state index is -0.0866. The third-order valence-corrected chi connectivity index (χ3v) is 4.78. The Morgan fingerprint density at radius 3 is 2.59 bits per heavy atom. The molecule has 0 radical (unpaired) electrons. The third kappa shape index (κ3) is 5.47. The first kappa shape index (κ1) is 19.2. The molecule has 1 aromatic carbocycles. The molecule has 27 heavy (non-hydrogen) atoms. The molecule has 1 amide bonds. The van der Waals surface area contributed by atoms with Crippen LogP contribution in [0, 0.1) is 5.92 Å². The summed E-state index contributed by atoms with van der Waals surface area (Å²) < 4.78 is 10.7. The van der Waals surface area contributed by atoms with Crippen molar-refractivity contribution in [3.8, 4) is 11.7 Å². The molecule has 6 nitrogen and oxygen atoms in total. The average Bonchev–Trinajstić information content (AvgIpc) is 3.31. The summed E-state index contributed by atoms with van der Waals surface area (Å²) in [5.41, 5.74) is 2.39.